The molecule has 0 bridgehead atoms. The fourth-order valence-electron chi connectivity index (χ4n) is 1.96. The van der Waals surface area contributed by atoms with Crippen molar-refractivity contribution >= 4 is 17.3 Å². The summed E-state index contributed by atoms with van der Waals surface area (Å²) in [5.74, 6) is 0.672. The van der Waals surface area contributed by atoms with E-state index in [4.69, 9.17) is 17.3 Å². The van der Waals surface area contributed by atoms with Crippen LogP contribution in [0.15, 0.2) is 54.9 Å². The molecule has 2 N–H and O–H groups in total. The molecule has 0 saturated heterocycles. The molecular formula is C15H13ClN4. The molecule has 0 saturated carbocycles. The standard InChI is InChI=1S/C15H13ClN4/c16-13-6-4-11(5-7-13)9-20-10-18-15(19-20)12-2-1-3-14(17)8-12/h1-8,10H,9,17H2. The molecule has 2 aromatic carbocycles. The van der Waals surface area contributed by atoms with Gasteiger partial charge in [-0.05, 0) is 29.8 Å². The average molecular weight is 285 g/mol. The molecule has 0 radical (unpaired) electrons. The highest BCUT2D eigenvalue weighted by atomic mass is 35.5. The van der Waals surface area contributed by atoms with Crippen LogP contribution in [0.1, 0.15) is 5.56 Å². The second kappa shape index (κ2) is 5.35. The molecule has 0 amide bonds. The van der Waals surface area contributed by atoms with Gasteiger partial charge in [-0.2, -0.15) is 5.10 Å². The van der Waals surface area contributed by atoms with Crippen LogP contribution >= 0.6 is 11.6 Å². The number of nitrogen functional groups attached to an aromatic ring is 1. The van der Waals surface area contributed by atoms with E-state index >= 15 is 0 Å². The third kappa shape index (κ3) is 2.81. The first-order valence-electron chi connectivity index (χ1n) is 6.20. The van der Waals surface area contributed by atoms with Gasteiger partial charge in [-0.25, -0.2) is 9.67 Å². The first-order chi connectivity index (χ1) is 9.70. The monoisotopic (exact) mass is 284 g/mol. The van der Waals surface area contributed by atoms with Crippen LogP contribution in [0.5, 0.6) is 0 Å². The Bertz CT molecular complexity index is 719. The number of anilines is 1. The van der Waals surface area contributed by atoms with E-state index in [0.29, 0.717) is 18.1 Å². The van der Waals surface area contributed by atoms with Crippen molar-refractivity contribution in [2.24, 2.45) is 0 Å². The molecule has 0 aliphatic heterocycles. The Hall–Kier alpha value is -2.33. The number of benzene rings is 2. The normalized spacial score (nSPS) is 10.7. The van der Waals surface area contributed by atoms with Gasteiger partial charge in [0, 0.05) is 16.3 Å². The van der Waals surface area contributed by atoms with Gasteiger partial charge >= 0.3 is 0 Å². The first-order valence-corrected chi connectivity index (χ1v) is 6.58. The number of halogens is 1. The SMILES string of the molecule is Nc1cccc(-c2ncn(Cc3ccc(Cl)cc3)n2)c1. The Morgan fingerprint density at radius 2 is 1.90 bits per heavy atom. The van der Waals surface area contributed by atoms with E-state index in [0.717, 1.165) is 16.1 Å². The topological polar surface area (TPSA) is 56.7 Å². The van der Waals surface area contributed by atoms with Crippen molar-refractivity contribution in [3.63, 3.8) is 0 Å². The summed E-state index contributed by atoms with van der Waals surface area (Å²) in [5, 5.41) is 5.19. The molecule has 0 spiro atoms. The van der Waals surface area contributed by atoms with Crippen molar-refractivity contribution in [3.8, 4) is 11.4 Å². The van der Waals surface area contributed by atoms with Gasteiger partial charge in [0.15, 0.2) is 5.82 Å². The zero-order valence-electron chi connectivity index (χ0n) is 10.7. The lowest BCUT2D eigenvalue weighted by Crippen LogP contribution is -2.00. The maximum atomic E-state index is 5.87. The Balaban J connectivity index is 1.82. The third-order valence-corrected chi connectivity index (χ3v) is 3.19. The predicted octanol–water partition coefficient (Wildman–Crippen LogP) is 3.23. The molecule has 0 unspecified atom stereocenters. The van der Waals surface area contributed by atoms with E-state index in [1.54, 1.807) is 11.0 Å². The highest BCUT2D eigenvalue weighted by Crippen LogP contribution is 2.17. The van der Waals surface area contributed by atoms with Crippen molar-refractivity contribution in [2.45, 2.75) is 6.54 Å². The number of hydrogen-bond donors (Lipinski definition) is 1. The molecule has 0 aliphatic rings. The maximum Gasteiger partial charge on any atom is 0.181 e. The molecule has 100 valence electrons. The van der Waals surface area contributed by atoms with Crippen LogP contribution in [-0.2, 0) is 6.54 Å². The van der Waals surface area contributed by atoms with Gasteiger partial charge in [0.25, 0.3) is 0 Å². The summed E-state index contributed by atoms with van der Waals surface area (Å²) in [6, 6.07) is 15.2. The van der Waals surface area contributed by atoms with Crippen molar-refractivity contribution < 1.29 is 0 Å². The van der Waals surface area contributed by atoms with Crippen molar-refractivity contribution in [1.29, 1.82) is 0 Å². The van der Waals surface area contributed by atoms with Gasteiger partial charge in [0.2, 0.25) is 0 Å². The fourth-order valence-corrected chi connectivity index (χ4v) is 2.08. The molecular weight excluding hydrogens is 272 g/mol. The number of hydrogen-bond acceptors (Lipinski definition) is 3. The minimum absolute atomic E-state index is 0.659. The van der Waals surface area contributed by atoms with Gasteiger partial charge in [0.05, 0.1) is 6.54 Å². The summed E-state index contributed by atoms with van der Waals surface area (Å²) < 4.78 is 1.79. The van der Waals surface area contributed by atoms with Crippen LogP contribution in [0.2, 0.25) is 5.02 Å². The molecule has 1 heterocycles. The number of nitrogens with two attached hydrogens (primary N) is 1. The Morgan fingerprint density at radius 1 is 1.10 bits per heavy atom. The van der Waals surface area contributed by atoms with Crippen LogP contribution in [0.25, 0.3) is 11.4 Å². The summed E-state index contributed by atoms with van der Waals surface area (Å²) in [4.78, 5) is 4.31. The molecule has 0 fully saturated rings. The predicted molar refractivity (Wildman–Crippen MR) is 80.4 cm³/mol. The van der Waals surface area contributed by atoms with E-state index in [-0.39, 0.29) is 0 Å². The largest absolute Gasteiger partial charge is 0.399 e. The summed E-state index contributed by atoms with van der Waals surface area (Å²) in [7, 11) is 0. The van der Waals surface area contributed by atoms with Crippen LogP contribution in [0, 0.1) is 0 Å². The minimum atomic E-state index is 0.659. The fraction of sp³-hybridized carbons (Fsp3) is 0.0667. The second-order valence-corrected chi connectivity index (χ2v) is 4.95. The molecule has 5 heteroatoms. The third-order valence-electron chi connectivity index (χ3n) is 2.94. The zero-order valence-corrected chi connectivity index (χ0v) is 11.5. The van der Waals surface area contributed by atoms with Crippen LogP contribution < -0.4 is 5.73 Å². The van der Waals surface area contributed by atoms with E-state index in [2.05, 4.69) is 10.1 Å². The first kappa shape index (κ1) is 12.7. The van der Waals surface area contributed by atoms with Crippen molar-refractivity contribution in [1.82, 2.24) is 14.8 Å². The van der Waals surface area contributed by atoms with Crippen LogP contribution in [0.3, 0.4) is 0 Å². The minimum Gasteiger partial charge on any atom is -0.399 e. The Labute approximate surface area is 121 Å². The smallest absolute Gasteiger partial charge is 0.181 e. The lowest BCUT2D eigenvalue weighted by Gasteiger charge is -2.01. The molecule has 20 heavy (non-hydrogen) atoms. The highest BCUT2D eigenvalue weighted by Gasteiger charge is 2.05. The average Bonchev–Trinajstić information content (AvgIpc) is 2.90. The van der Waals surface area contributed by atoms with Crippen LogP contribution in [0.4, 0.5) is 5.69 Å². The summed E-state index contributed by atoms with van der Waals surface area (Å²) in [5.41, 5.74) is 8.51. The maximum absolute atomic E-state index is 5.87. The summed E-state index contributed by atoms with van der Waals surface area (Å²) >= 11 is 5.87. The molecule has 4 nitrogen and oxygen atoms in total. The number of nitrogens with zero attached hydrogens (tertiary/aromatic N) is 3. The van der Waals surface area contributed by atoms with Crippen molar-refractivity contribution in [2.75, 3.05) is 5.73 Å². The van der Waals surface area contributed by atoms with Crippen molar-refractivity contribution in [3.05, 3.63) is 65.4 Å². The summed E-state index contributed by atoms with van der Waals surface area (Å²) in [6.45, 7) is 0.659. The second-order valence-electron chi connectivity index (χ2n) is 4.52. The van der Waals surface area contributed by atoms with Gasteiger partial charge in [0.1, 0.15) is 6.33 Å². The van der Waals surface area contributed by atoms with Gasteiger partial charge in [-0.3, -0.25) is 0 Å². The van der Waals surface area contributed by atoms with E-state index in [9.17, 15) is 0 Å². The molecule has 0 aliphatic carbocycles. The van der Waals surface area contributed by atoms with E-state index in [1.165, 1.54) is 0 Å². The highest BCUT2D eigenvalue weighted by molar-refractivity contribution is 6.30. The molecule has 3 rings (SSSR count). The Kier molecular flexibility index (Phi) is 3.39. The summed E-state index contributed by atoms with van der Waals surface area (Å²) in [6.07, 6.45) is 1.72. The molecule has 3 aromatic rings. The quantitative estimate of drug-likeness (QED) is 0.751. The van der Waals surface area contributed by atoms with Gasteiger partial charge in [-0.15, -0.1) is 0 Å². The van der Waals surface area contributed by atoms with E-state index in [1.807, 2.05) is 48.5 Å². The van der Waals surface area contributed by atoms with Crippen LogP contribution in [-0.4, -0.2) is 14.8 Å². The number of rotatable bonds is 3. The lowest BCUT2D eigenvalue weighted by atomic mass is 10.2. The zero-order chi connectivity index (χ0) is 13.9. The Morgan fingerprint density at radius 3 is 2.65 bits per heavy atom. The lowest BCUT2D eigenvalue weighted by molar-refractivity contribution is 0.687. The van der Waals surface area contributed by atoms with Gasteiger partial charge in [-0.1, -0.05) is 35.9 Å². The molecule has 1 aromatic heterocycles. The number of aromatic nitrogens is 3. The van der Waals surface area contributed by atoms with Gasteiger partial charge < -0.3 is 5.73 Å². The molecule has 0 atom stereocenters. The van der Waals surface area contributed by atoms with E-state index < -0.39 is 0 Å².